The van der Waals surface area contributed by atoms with Crippen molar-refractivity contribution in [3.05, 3.63) is 0 Å². The minimum Gasteiger partial charge on any atom is -1.00 e. The summed E-state index contributed by atoms with van der Waals surface area (Å²) in [5.74, 6) is 0. The number of rotatable bonds is 12. The maximum atomic E-state index is 2.33. The Morgan fingerprint density at radius 1 is 0.550 bits per heavy atom. The molecule has 1 radical (unpaired) electrons. The molecule has 0 heterocycles. The second kappa shape index (κ2) is 20.6. The predicted octanol–water partition coefficient (Wildman–Crippen LogP) is -0.991. The molecule has 0 saturated heterocycles. The Morgan fingerprint density at radius 3 is 0.900 bits per heavy atom. The van der Waals surface area contributed by atoms with Gasteiger partial charge in [-0.1, -0.05) is 53.4 Å². The maximum absolute atomic E-state index is 2.33. The van der Waals surface area contributed by atoms with Gasteiger partial charge in [-0.25, -0.2) is 0 Å². The van der Waals surface area contributed by atoms with E-state index in [1.54, 1.807) is 0 Å². The molecule has 20 heavy (non-hydrogen) atoms. The van der Waals surface area contributed by atoms with E-state index in [1.807, 2.05) is 0 Å². The van der Waals surface area contributed by atoms with E-state index in [1.165, 1.54) is 82.0 Å². The third-order valence-electron chi connectivity index (χ3n) is 3.94. The van der Waals surface area contributed by atoms with E-state index in [4.69, 9.17) is 0 Å². The van der Waals surface area contributed by atoms with Crippen LogP contribution >= 0.6 is 0 Å². The predicted molar refractivity (Wildman–Crippen MR) is 79.4 cm³/mol. The molecule has 0 unspecified atom stereocenters. The topological polar surface area (TPSA) is 0 Å². The molecule has 0 rings (SSSR count). The summed E-state index contributed by atoms with van der Waals surface area (Å²) >= 11 is 0. The molecule has 0 N–H and O–H groups in total. The van der Waals surface area contributed by atoms with Crippen molar-refractivity contribution in [1.82, 2.24) is 0 Å². The zero-order chi connectivity index (χ0) is 13.0. The third-order valence-corrected chi connectivity index (χ3v) is 3.94. The second-order valence-corrected chi connectivity index (χ2v) is 5.65. The molecule has 0 aliphatic heterocycles. The molecule has 4 heteroatoms. The second-order valence-electron chi connectivity index (χ2n) is 5.65. The summed E-state index contributed by atoms with van der Waals surface area (Å²) in [5.41, 5.74) is 0. The molecule has 0 aliphatic rings. The van der Waals surface area contributed by atoms with Crippen LogP contribution in [0.4, 0.5) is 0 Å². The average Bonchev–Trinajstić information content (AvgIpc) is 2.37. The zero-order valence-corrected chi connectivity index (χ0v) is 20.3. The number of hydrogen-bond acceptors (Lipinski definition) is 0. The molecule has 0 aromatic carbocycles. The van der Waals surface area contributed by atoms with Crippen LogP contribution in [0.25, 0.3) is 0 Å². The van der Waals surface area contributed by atoms with Crippen molar-refractivity contribution >= 4 is 0 Å². The first-order valence-electron chi connectivity index (χ1n) is 8.09. The molecule has 1 nitrogen and oxygen atoms in total. The monoisotopic (exact) mass is 468 g/mol. The van der Waals surface area contributed by atoms with Crippen LogP contribution in [0, 0.1) is 0 Å². The number of halogens is 2. The summed E-state index contributed by atoms with van der Waals surface area (Å²) < 4.78 is 1.42. The van der Waals surface area contributed by atoms with Crippen LogP contribution in [0.15, 0.2) is 0 Å². The van der Waals surface area contributed by atoms with Gasteiger partial charge in [0.1, 0.15) is 0 Å². The van der Waals surface area contributed by atoms with Crippen molar-refractivity contribution in [3.8, 4) is 0 Å². The molecular formula is C16H36ClINZn. The summed E-state index contributed by atoms with van der Waals surface area (Å²) in [7, 11) is 0. The average molecular weight is 470 g/mol. The summed E-state index contributed by atoms with van der Waals surface area (Å²) in [6.07, 6.45) is 11.1. The van der Waals surface area contributed by atoms with Gasteiger partial charge in [0, 0.05) is 0 Å². The minimum absolute atomic E-state index is 0. The summed E-state index contributed by atoms with van der Waals surface area (Å²) in [6.45, 7) is 15.0. The fourth-order valence-electron chi connectivity index (χ4n) is 2.64. The number of quaternary nitrogens is 1. The van der Waals surface area contributed by atoms with Gasteiger partial charge in [-0.2, -0.15) is 0 Å². The van der Waals surface area contributed by atoms with E-state index in [-0.39, 0.29) is 55.9 Å². The molecule has 0 bridgehead atoms. The fraction of sp³-hybridized carbons (Fsp3) is 1.00. The molecule has 0 aliphatic carbocycles. The van der Waals surface area contributed by atoms with Crippen molar-refractivity contribution in [3.63, 3.8) is 0 Å². The summed E-state index contributed by atoms with van der Waals surface area (Å²) in [5, 5.41) is 0. The largest absolute Gasteiger partial charge is 1.00 e. The van der Waals surface area contributed by atoms with Gasteiger partial charge in [0.15, 0.2) is 0 Å². The Labute approximate surface area is 164 Å². The third kappa shape index (κ3) is 14.5. The van der Waals surface area contributed by atoms with E-state index in [0.29, 0.717) is 0 Å². The first-order valence-corrected chi connectivity index (χ1v) is 8.09. The van der Waals surface area contributed by atoms with Crippen LogP contribution in [0.1, 0.15) is 79.1 Å². The quantitative estimate of drug-likeness (QED) is 0.195. The van der Waals surface area contributed by atoms with Crippen molar-refractivity contribution < 1.29 is 60.3 Å². The van der Waals surface area contributed by atoms with Gasteiger partial charge < -0.3 is 40.9 Å². The molecule has 0 fully saturated rings. The molecule has 0 saturated carbocycles. The van der Waals surface area contributed by atoms with E-state index in [0.717, 1.165) is 0 Å². The summed E-state index contributed by atoms with van der Waals surface area (Å²) in [6, 6.07) is 0. The number of hydrogen-bond donors (Lipinski definition) is 0. The van der Waals surface area contributed by atoms with Crippen LogP contribution < -0.4 is 36.4 Å². The van der Waals surface area contributed by atoms with Gasteiger partial charge >= 0.3 is 19.5 Å². The minimum atomic E-state index is 0. The Balaban J connectivity index is -0.000000427. The van der Waals surface area contributed by atoms with Crippen LogP contribution in [0.3, 0.4) is 0 Å². The standard InChI is InChI=1S/C16H36N.ClH.HI.Zn/c1-5-9-13-17(14-10-6-2,15-11-7-3)16-12-8-4;;;/h5-16H2,1-4H3;2*1H;/q+1;;;+1/p-2. The van der Waals surface area contributed by atoms with E-state index in [2.05, 4.69) is 27.7 Å². The van der Waals surface area contributed by atoms with Crippen LogP contribution in [0.5, 0.6) is 0 Å². The van der Waals surface area contributed by atoms with Gasteiger partial charge in [0.25, 0.3) is 0 Å². The van der Waals surface area contributed by atoms with Crippen LogP contribution in [-0.2, 0) is 19.5 Å². The molecule has 0 aromatic heterocycles. The number of unbranched alkanes of at least 4 members (excludes halogenated alkanes) is 4. The van der Waals surface area contributed by atoms with Gasteiger partial charge in [-0.05, 0) is 25.7 Å². The molecule has 0 amide bonds. The smallest absolute Gasteiger partial charge is 1.00 e. The molecule has 0 aromatic rings. The first kappa shape index (κ1) is 29.6. The molecule has 0 atom stereocenters. The Morgan fingerprint density at radius 2 is 0.750 bits per heavy atom. The Kier molecular flexibility index (Phi) is 30.5. The first-order chi connectivity index (χ1) is 8.24. The van der Waals surface area contributed by atoms with Crippen molar-refractivity contribution in [2.24, 2.45) is 0 Å². The van der Waals surface area contributed by atoms with E-state index in [9.17, 15) is 0 Å². The SMILES string of the molecule is CCCC[N+](CCCC)(CCCC)CCCC.[Cl-].[I-].[Zn+]. The van der Waals surface area contributed by atoms with Gasteiger partial charge in [0.2, 0.25) is 0 Å². The van der Waals surface area contributed by atoms with Crippen LogP contribution in [0.2, 0.25) is 0 Å². The number of nitrogens with zero attached hydrogens (tertiary/aromatic N) is 1. The van der Waals surface area contributed by atoms with E-state index < -0.39 is 0 Å². The van der Waals surface area contributed by atoms with Gasteiger partial charge in [0.05, 0.1) is 26.2 Å². The van der Waals surface area contributed by atoms with Crippen molar-refractivity contribution in [2.75, 3.05) is 26.2 Å². The summed E-state index contributed by atoms with van der Waals surface area (Å²) in [4.78, 5) is 0. The van der Waals surface area contributed by atoms with Crippen LogP contribution in [-0.4, -0.2) is 30.7 Å². The van der Waals surface area contributed by atoms with Gasteiger partial charge in [-0.15, -0.1) is 0 Å². The van der Waals surface area contributed by atoms with Crippen molar-refractivity contribution in [2.45, 2.75) is 79.1 Å². The van der Waals surface area contributed by atoms with Gasteiger partial charge in [-0.3, -0.25) is 0 Å². The Bertz CT molecular complexity index is 133. The molecular weight excluding hydrogens is 434 g/mol. The normalized spacial score (nSPS) is 10.2. The molecule has 0 spiro atoms. The van der Waals surface area contributed by atoms with Crippen molar-refractivity contribution in [1.29, 1.82) is 0 Å². The fourth-order valence-corrected chi connectivity index (χ4v) is 2.64. The zero-order valence-electron chi connectivity index (χ0n) is 14.4. The molecule has 121 valence electrons. The maximum Gasteiger partial charge on any atom is 1.00 e. The Hall–Kier alpha value is 1.60. The van der Waals surface area contributed by atoms with E-state index >= 15 is 0 Å².